The average molecular weight is 564 g/mol. The summed E-state index contributed by atoms with van der Waals surface area (Å²) < 4.78 is 54.5. The van der Waals surface area contributed by atoms with Crippen LogP contribution in [0.1, 0.15) is 18.0 Å². The van der Waals surface area contributed by atoms with E-state index in [1.54, 1.807) is 24.3 Å². The van der Waals surface area contributed by atoms with E-state index >= 15 is 0 Å². The molecule has 8 nitrogen and oxygen atoms in total. The number of halogens is 5. The molecule has 0 aliphatic heterocycles. The number of hydrogen-bond donors (Lipinski definition) is 2. The first-order valence-corrected chi connectivity index (χ1v) is 12.9. The third-order valence-corrected chi connectivity index (χ3v) is 6.21. The van der Waals surface area contributed by atoms with Gasteiger partial charge in [0.15, 0.2) is 5.82 Å². The van der Waals surface area contributed by atoms with Crippen LogP contribution in [0.3, 0.4) is 0 Å². The largest absolute Gasteiger partial charge is 0.598 e. The Morgan fingerprint density at radius 1 is 1.17 bits per heavy atom. The summed E-state index contributed by atoms with van der Waals surface area (Å²) in [6.45, 7) is -1.16. The summed E-state index contributed by atoms with van der Waals surface area (Å²) in [5.41, 5.74) is 0.0400. The lowest BCUT2D eigenvalue weighted by Gasteiger charge is -2.20. The fraction of sp³-hybridized carbons (Fsp3) is 0.318. The predicted molar refractivity (Wildman–Crippen MR) is 132 cm³/mol. The fourth-order valence-corrected chi connectivity index (χ4v) is 4.16. The van der Waals surface area contributed by atoms with Crippen LogP contribution in [0.2, 0.25) is 10.0 Å². The second-order valence-electron chi connectivity index (χ2n) is 7.73. The van der Waals surface area contributed by atoms with Gasteiger partial charge >= 0.3 is 11.9 Å². The number of aromatic nitrogens is 3. The van der Waals surface area contributed by atoms with Gasteiger partial charge in [0.2, 0.25) is 5.91 Å². The number of benzene rings is 2. The molecule has 2 atom stereocenters. The van der Waals surface area contributed by atoms with Crippen LogP contribution in [0.25, 0.3) is 11.4 Å². The molecule has 14 heteroatoms. The van der Waals surface area contributed by atoms with E-state index in [-0.39, 0.29) is 12.4 Å². The number of nitrogens with zero attached hydrogens (tertiary/aromatic N) is 3. The van der Waals surface area contributed by atoms with Crippen LogP contribution in [-0.4, -0.2) is 43.8 Å². The Bertz CT molecular complexity index is 1250. The minimum Gasteiger partial charge on any atom is -0.598 e. The van der Waals surface area contributed by atoms with E-state index in [0.29, 0.717) is 21.2 Å². The molecule has 2 aromatic carbocycles. The van der Waals surface area contributed by atoms with E-state index in [0.717, 1.165) is 9.25 Å². The maximum Gasteiger partial charge on any atom is 0.390 e. The molecule has 0 radical (unpaired) electrons. The van der Waals surface area contributed by atoms with Gasteiger partial charge in [0.1, 0.15) is 12.8 Å². The van der Waals surface area contributed by atoms with Crippen molar-refractivity contribution in [2.45, 2.75) is 31.7 Å². The topological polar surface area (TPSA) is 104 Å². The summed E-state index contributed by atoms with van der Waals surface area (Å²) in [6, 6.07) is 12.1. The lowest BCUT2D eigenvalue weighted by Crippen LogP contribution is -2.40. The number of carbonyl (C=O) groups is 1. The molecular formula is C22H22Cl2F3N5O3S. The van der Waals surface area contributed by atoms with Gasteiger partial charge in [-0.2, -0.15) is 13.2 Å². The molecule has 36 heavy (non-hydrogen) atoms. The second kappa shape index (κ2) is 12.2. The predicted octanol–water partition coefficient (Wildman–Crippen LogP) is 3.71. The lowest BCUT2D eigenvalue weighted by molar-refractivity contribution is -0.136. The van der Waals surface area contributed by atoms with Crippen molar-refractivity contribution in [3.05, 3.63) is 74.6 Å². The minimum atomic E-state index is -4.50. The van der Waals surface area contributed by atoms with Crippen LogP contribution in [-0.2, 0) is 29.2 Å². The van der Waals surface area contributed by atoms with Gasteiger partial charge < -0.3 is 9.87 Å². The summed E-state index contributed by atoms with van der Waals surface area (Å²) in [5, 5.41) is 7.60. The van der Waals surface area contributed by atoms with E-state index in [9.17, 15) is 27.3 Å². The van der Waals surface area contributed by atoms with Gasteiger partial charge in [0, 0.05) is 33.5 Å². The Labute approximate surface area is 217 Å². The SMILES string of the molecule is C[S+]([O-])NCC(NC(=O)Cn1nc(-c2ccc(Cl)cc2)n(CCC(F)(F)F)c1=O)c1ccccc1Cl. The van der Waals surface area contributed by atoms with Gasteiger partial charge in [-0.25, -0.2) is 9.48 Å². The molecule has 194 valence electrons. The van der Waals surface area contributed by atoms with Crippen molar-refractivity contribution in [1.82, 2.24) is 24.4 Å². The monoisotopic (exact) mass is 563 g/mol. The molecule has 0 spiro atoms. The van der Waals surface area contributed by atoms with Crippen LogP contribution >= 0.6 is 23.2 Å². The third kappa shape index (κ3) is 7.74. The molecular weight excluding hydrogens is 542 g/mol. The number of nitrogens with one attached hydrogen (secondary N) is 2. The number of rotatable bonds is 10. The molecule has 1 aromatic heterocycles. The molecule has 0 saturated carbocycles. The summed E-state index contributed by atoms with van der Waals surface area (Å²) >= 11 is 10.8. The highest BCUT2D eigenvalue weighted by Gasteiger charge is 2.29. The van der Waals surface area contributed by atoms with Crippen molar-refractivity contribution in [2.24, 2.45) is 0 Å². The summed E-state index contributed by atoms with van der Waals surface area (Å²) in [7, 11) is 0. The number of carbonyl (C=O) groups excluding carboxylic acids is 1. The molecule has 3 rings (SSSR count). The van der Waals surface area contributed by atoms with Gasteiger partial charge in [0.25, 0.3) is 0 Å². The number of hydrogen-bond acceptors (Lipinski definition) is 5. The molecule has 1 heterocycles. The van der Waals surface area contributed by atoms with Crippen LogP contribution in [0.5, 0.6) is 0 Å². The summed E-state index contributed by atoms with van der Waals surface area (Å²) in [6.07, 6.45) is -4.32. The molecule has 0 saturated heterocycles. The van der Waals surface area contributed by atoms with E-state index in [1.807, 2.05) is 0 Å². The molecule has 0 bridgehead atoms. The number of alkyl halides is 3. The lowest BCUT2D eigenvalue weighted by atomic mass is 10.1. The van der Waals surface area contributed by atoms with Crippen molar-refractivity contribution in [3.8, 4) is 11.4 Å². The summed E-state index contributed by atoms with van der Waals surface area (Å²) in [5.74, 6) is -0.673. The first-order valence-electron chi connectivity index (χ1n) is 10.6. The summed E-state index contributed by atoms with van der Waals surface area (Å²) in [4.78, 5) is 25.8. The molecule has 2 N–H and O–H groups in total. The van der Waals surface area contributed by atoms with Gasteiger partial charge in [0.05, 0.1) is 19.0 Å². The molecule has 2 unspecified atom stereocenters. The van der Waals surface area contributed by atoms with Crippen LogP contribution in [0.15, 0.2) is 53.3 Å². The second-order valence-corrected chi connectivity index (χ2v) is 9.77. The Balaban J connectivity index is 1.88. The van der Waals surface area contributed by atoms with Crippen molar-refractivity contribution in [2.75, 3.05) is 12.8 Å². The van der Waals surface area contributed by atoms with Crippen molar-refractivity contribution < 1.29 is 22.5 Å². The molecule has 0 aliphatic rings. The van der Waals surface area contributed by atoms with Crippen molar-refractivity contribution in [1.29, 1.82) is 0 Å². The fourth-order valence-electron chi connectivity index (χ4n) is 3.37. The highest BCUT2D eigenvalue weighted by molar-refractivity contribution is 7.88. The third-order valence-electron chi connectivity index (χ3n) is 5.04. The number of amides is 1. The van der Waals surface area contributed by atoms with E-state index < -0.39 is 54.7 Å². The quantitative estimate of drug-likeness (QED) is 0.366. The first-order chi connectivity index (χ1) is 16.9. The molecule has 0 fully saturated rings. The van der Waals surface area contributed by atoms with Gasteiger partial charge in [-0.15, -0.1) is 9.82 Å². The highest BCUT2D eigenvalue weighted by Crippen LogP contribution is 2.24. The first kappa shape index (κ1) is 28.1. The van der Waals surface area contributed by atoms with Gasteiger partial charge in [-0.3, -0.25) is 9.36 Å². The molecule has 1 amide bonds. The standard InChI is InChI=1S/C22H22Cl2F3N5O3S/c1-36(35)28-12-18(16-4-2-3-5-17(16)24)29-19(33)13-32-21(34)31(11-10-22(25,26)27)20(30-32)14-6-8-15(23)9-7-14/h2-9,18,28H,10-13H2,1H3,(H,29,33). The zero-order valence-electron chi connectivity index (χ0n) is 18.9. The van der Waals surface area contributed by atoms with Crippen LogP contribution in [0, 0.1) is 0 Å². The average Bonchev–Trinajstić information content (AvgIpc) is 3.10. The zero-order chi connectivity index (χ0) is 26.5. The van der Waals surface area contributed by atoms with Gasteiger partial charge in [-0.1, -0.05) is 41.4 Å². The van der Waals surface area contributed by atoms with E-state index in [2.05, 4.69) is 15.1 Å². The Hall–Kier alpha value is -2.51. The van der Waals surface area contributed by atoms with Crippen molar-refractivity contribution >= 4 is 40.5 Å². The van der Waals surface area contributed by atoms with E-state index in [4.69, 9.17) is 23.2 Å². The van der Waals surface area contributed by atoms with E-state index in [1.165, 1.54) is 30.5 Å². The smallest absolute Gasteiger partial charge is 0.390 e. The Morgan fingerprint density at radius 3 is 2.44 bits per heavy atom. The maximum atomic E-state index is 12.9. The Kier molecular flexibility index (Phi) is 9.47. The minimum absolute atomic E-state index is 0.0283. The molecule has 3 aromatic rings. The van der Waals surface area contributed by atoms with Crippen molar-refractivity contribution in [3.63, 3.8) is 0 Å². The maximum absolute atomic E-state index is 12.9. The molecule has 0 aliphatic carbocycles. The van der Waals surface area contributed by atoms with Gasteiger partial charge in [-0.05, 0) is 35.9 Å². The normalized spacial score (nSPS) is 13.4. The zero-order valence-corrected chi connectivity index (χ0v) is 21.2. The van der Waals surface area contributed by atoms with Crippen LogP contribution in [0.4, 0.5) is 13.2 Å². The highest BCUT2D eigenvalue weighted by atomic mass is 35.5. The Morgan fingerprint density at radius 2 is 1.83 bits per heavy atom. The van der Waals surface area contributed by atoms with Crippen LogP contribution < -0.4 is 15.7 Å².